The molecule has 0 unspecified atom stereocenters. The van der Waals surface area contributed by atoms with E-state index in [1.54, 1.807) is 0 Å². The second kappa shape index (κ2) is 3.02. The number of nitrogens with one attached hydrogen (secondary N) is 1. The number of hydrogen-bond donors (Lipinski definition) is 0. The highest BCUT2D eigenvalue weighted by molar-refractivity contribution is 5.08. The maximum Gasteiger partial charge on any atom is 0.170 e. The summed E-state index contributed by atoms with van der Waals surface area (Å²) in [5.74, 6) is 0. The van der Waals surface area contributed by atoms with Crippen molar-refractivity contribution in [2.45, 2.75) is 6.42 Å². The molecule has 46 valence electrons. The van der Waals surface area contributed by atoms with Gasteiger partial charge in [-0.25, -0.2) is 4.98 Å². The fraction of sp³-hybridized carbons (Fsp3) is 0.125. The number of H-pyrrole nitrogens is 1. The third-order valence-electron chi connectivity index (χ3n) is 1.15. The van der Waals surface area contributed by atoms with Crippen molar-refractivity contribution in [3.8, 4) is 0 Å². The van der Waals surface area contributed by atoms with Gasteiger partial charge in [0.25, 0.3) is 0 Å². The Bertz CT molecular complexity index is 179. The van der Waals surface area contributed by atoms with Crippen molar-refractivity contribution in [2.24, 2.45) is 0 Å². The average Bonchev–Trinajstić information content (AvgIpc) is 1.91. The van der Waals surface area contributed by atoms with E-state index in [1.807, 2.05) is 24.5 Å². The van der Waals surface area contributed by atoms with Crippen molar-refractivity contribution in [1.29, 1.82) is 0 Å². The molecule has 0 aliphatic rings. The first kappa shape index (κ1) is 6.02. The molecular formula is C8H10N+. The molecule has 0 aliphatic heterocycles. The number of hydrogen-bond acceptors (Lipinski definition) is 0. The van der Waals surface area contributed by atoms with E-state index in [0.29, 0.717) is 0 Å². The minimum Gasteiger partial charge on any atom is -0.218 e. The summed E-state index contributed by atoms with van der Waals surface area (Å²) in [6.45, 7) is 3.64. The Labute approximate surface area is 55.1 Å². The van der Waals surface area contributed by atoms with Crippen LogP contribution in [0, 0.1) is 0 Å². The maximum atomic E-state index is 3.64. The number of aromatic amines is 1. The quantitative estimate of drug-likeness (QED) is 0.521. The Kier molecular flexibility index (Phi) is 2.02. The summed E-state index contributed by atoms with van der Waals surface area (Å²) >= 11 is 0. The highest BCUT2D eigenvalue weighted by Crippen LogP contribution is 1.93. The molecule has 0 aromatic carbocycles. The first-order valence-electron chi connectivity index (χ1n) is 2.99. The van der Waals surface area contributed by atoms with Gasteiger partial charge in [-0.3, -0.25) is 0 Å². The number of aromatic nitrogens is 1. The van der Waals surface area contributed by atoms with Gasteiger partial charge < -0.3 is 0 Å². The summed E-state index contributed by atoms with van der Waals surface area (Å²) in [5, 5.41) is 0. The molecule has 0 atom stereocenters. The monoisotopic (exact) mass is 120 g/mol. The molecule has 1 nitrogen and oxygen atoms in total. The smallest absolute Gasteiger partial charge is 0.170 e. The lowest BCUT2D eigenvalue weighted by Gasteiger charge is -1.85. The second-order valence-electron chi connectivity index (χ2n) is 1.90. The van der Waals surface area contributed by atoms with E-state index in [4.69, 9.17) is 0 Å². The van der Waals surface area contributed by atoms with E-state index in [9.17, 15) is 0 Å². The largest absolute Gasteiger partial charge is 0.218 e. The lowest BCUT2D eigenvalue weighted by molar-refractivity contribution is -0.378. The van der Waals surface area contributed by atoms with Crippen LogP contribution in [-0.2, 0) is 6.42 Å². The molecule has 0 saturated carbocycles. The van der Waals surface area contributed by atoms with Crippen LogP contribution in [0.5, 0.6) is 0 Å². The molecule has 1 rings (SSSR count). The Morgan fingerprint density at radius 2 is 2.56 bits per heavy atom. The maximum absolute atomic E-state index is 3.64. The highest BCUT2D eigenvalue weighted by Gasteiger charge is 1.87. The van der Waals surface area contributed by atoms with E-state index in [2.05, 4.69) is 17.6 Å². The first-order valence-corrected chi connectivity index (χ1v) is 2.99. The summed E-state index contributed by atoms with van der Waals surface area (Å²) < 4.78 is 0. The molecule has 1 heteroatoms. The molecule has 0 saturated heterocycles. The molecular weight excluding hydrogens is 110 g/mol. The van der Waals surface area contributed by atoms with Crippen LogP contribution in [-0.4, -0.2) is 0 Å². The molecule has 0 radical (unpaired) electrons. The summed E-state index contributed by atoms with van der Waals surface area (Å²) in [6.07, 6.45) is 6.70. The van der Waals surface area contributed by atoms with Crippen LogP contribution < -0.4 is 4.98 Å². The van der Waals surface area contributed by atoms with E-state index in [0.717, 1.165) is 6.42 Å². The third-order valence-corrected chi connectivity index (χ3v) is 1.15. The summed E-state index contributed by atoms with van der Waals surface area (Å²) in [4.78, 5) is 3.00. The van der Waals surface area contributed by atoms with E-state index in [-0.39, 0.29) is 0 Å². The number of allylic oxidation sites excluding steroid dienone is 1. The molecule has 0 amide bonds. The molecule has 0 fully saturated rings. The van der Waals surface area contributed by atoms with Crippen LogP contribution in [0.25, 0.3) is 0 Å². The van der Waals surface area contributed by atoms with Crippen molar-refractivity contribution < 1.29 is 4.98 Å². The Morgan fingerprint density at radius 1 is 1.67 bits per heavy atom. The third kappa shape index (κ3) is 1.68. The van der Waals surface area contributed by atoms with Gasteiger partial charge in [0.15, 0.2) is 12.4 Å². The molecule has 0 bridgehead atoms. The fourth-order valence-electron chi connectivity index (χ4n) is 0.724. The molecule has 0 spiro atoms. The van der Waals surface area contributed by atoms with Crippen LogP contribution in [0.1, 0.15) is 5.56 Å². The minimum absolute atomic E-state index is 0.942. The molecule has 1 aromatic heterocycles. The topological polar surface area (TPSA) is 14.1 Å². The zero-order chi connectivity index (χ0) is 6.53. The van der Waals surface area contributed by atoms with Gasteiger partial charge in [0.2, 0.25) is 0 Å². The van der Waals surface area contributed by atoms with Gasteiger partial charge in [-0.1, -0.05) is 6.08 Å². The van der Waals surface area contributed by atoms with Crippen LogP contribution in [0.3, 0.4) is 0 Å². The Hall–Kier alpha value is -1.11. The number of pyridine rings is 1. The molecule has 9 heavy (non-hydrogen) atoms. The SMILES string of the molecule is C=CCc1ccc[nH+]c1. The van der Waals surface area contributed by atoms with Gasteiger partial charge in [0.05, 0.1) is 0 Å². The van der Waals surface area contributed by atoms with E-state index in [1.165, 1.54) is 5.56 Å². The van der Waals surface area contributed by atoms with Crippen molar-refractivity contribution in [3.63, 3.8) is 0 Å². The first-order chi connectivity index (χ1) is 4.43. The number of rotatable bonds is 2. The predicted molar refractivity (Wildman–Crippen MR) is 36.9 cm³/mol. The normalized spacial score (nSPS) is 8.89. The Morgan fingerprint density at radius 3 is 3.11 bits per heavy atom. The van der Waals surface area contributed by atoms with Gasteiger partial charge in [0.1, 0.15) is 0 Å². The lowest BCUT2D eigenvalue weighted by atomic mass is 10.2. The lowest BCUT2D eigenvalue weighted by Crippen LogP contribution is -1.99. The van der Waals surface area contributed by atoms with Gasteiger partial charge in [-0.05, 0) is 12.5 Å². The average molecular weight is 120 g/mol. The zero-order valence-electron chi connectivity index (χ0n) is 5.30. The van der Waals surface area contributed by atoms with Crippen molar-refractivity contribution in [2.75, 3.05) is 0 Å². The van der Waals surface area contributed by atoms with Crippen molar-refractivity contribution >= 4 is 0 Å². The van der Waals surface area contributed by atoms with E-state index >= 15 is 0 Å². The zero-order valence-corrected chi connectivity index (χ0v) is 5.30. The summed E-state index contributed by atoms with van der Waals surface area (Å²) in [5.41, 5.74) is 1.27. The molecule has 0 aliphatic carbocycles. The fourth-order valence-corrected chi connectivity index (χ4v) is 0.724. The van der Waals surface area contributed by atoms with Crippen molar-refractivity contribution in [1.82, 2.24) is 0 Å². The van der Waals surface area contributed by atoms with Crippen LogP contribution in [0.2, 0.25) is 0 Å². The molecule has 1 aromatic rings. The minimum atomic E-state index is 0.942. The van der Waals surface area contributed by atoms with Crippen molar-refractivity contribution in [3.05, 3.63) is 42.7 Å². The second-order valence-corrected chi connectivity index (χ2v) is 1.90. The molecule has 1 N–H and O–H groups in total. The van der Waals surface area contributed by atoms with Gasteiger partial charge >= 0.3 is 0 Å². The van der Waals surface area contributed by atoms with Gasteiger partial charge in [-0.2, -0.15) is 0 Å². The molecule has 1 heterocycles. The van der Waals surface area contributed by atoms with Gasteiger partial charge in [-0.15, -0.1) is 6.58 Å². The van der Waals surface area contributed by atoms with Gasteiger partial charge in [0, 0.05) is 11.6 Å². The standard InChI is InChI=1S/C8H9N/c1-2-4-8-5-3-6-9-7-8/h2-3,5-7H,1,4H2/p+1. The van der Waals surface area contributed by atoms with Crippen LogP contribution in [0.4, 0.5) is 0 Å². The summed E-state index contributed by atoms with van der Waals surface area (Å²) in [7, 11) is 0. The predicted octanol–water partition coefficient (Wildman–Crippen LogP) is 1.23. The van der Waals surface area contributed by atoms with E-state index < -0.39 is 0 Å². The van der Waals surface area contributed by atoms with Crippen LogP contribution >= 0.6 is 0 Å². The van der Waals surface area contributed by atoms with Crippen LogP contribution in [0.15, 0.2) is 37.2 Å². The highest BCUT2D eigenvalue weighted by atomic mass is 14.6. The summed E-state index contributed by atoms with van der Waals surface area (Å²) in [6, 6.07) is 4.05. The Balaban J connectivity index is 2.72.